The Hall–Kier alpha value is -1.55. The Kier molecular flexibility index (Phi) is 3.42. The molecular formula is C15H17ClFN3. The first-order valence-corrected chi connectivity index (χ1v) is 7.23. The van der Waals surface area contributed by atoms with Crippen LogP contribution in [0.3, 0.4) is 0 Å². The number of imidazole rings is 1. The zero-order valence-electron chi connectivity index (χ0n) is 11.4. The summed E-state index contributed by atoms with van der Waals surface area (Å²) in [7, 11) is 1.94. The maximum Gasteiger partial charge on any atom is 0.141 e. The van der Waals surface area contributed by atoms with E-state index in [0.29, 0.717) is 17.4 Å². The van der Waals surface area contributed by atoms with Gasteiger partial charge in [-0.2, -0.15) is 0 Å². The Morgan fingerprint density at radius 1 is 1.35 bits per heavy atom. The molecule has 0 unspecified atom stereocenters. The zero-order chi connectivity index (χ0) is 14.3. The van der Waals surface area contributed by atoms with E-state index in [2.05, 4.69) is 4.98 Å². The molecule has 1 aliphatic carbocycles. The first-order valence-electron chi connectivity index (χ1n) is 6.85. The molecular weight excluding hydrogens is 277 g/mol. The van der Waals surface area contributed by atoms with Gasteiger partial charge in [-0.3, -0.25) is 0 Å². The molecule has 0 bridgehead atoms. The molecule has 2 N–H and O–H groups in total. The van der Waals surface area contributed by atoms with Crippen LogP contribution in [0.25, 0.3) is 11.3 Å². The predicted molar refractivity (Wildman–Crippen MR) is 79.2 cm³/mol. The zero-order valence-corrected chi connectivity index (χ0v) is 12.1. The molecule has 1 aromatic heterocycles. The van der Waals surface area contributed by atoms with E-state index in [1.54, 1.807) is 12.1 Å². The van der Waals surface area contributed by atoms with Crippen LogP contribution in [-0.2, 0) is 7.05 Å². The quantitative estimate of drug-likeness (QED) is 0.905. The minimum atomic E-state index is -0.430. The molecule has 0 amide bonds. The fraction of sp³-hybridized carbons (Fsp3) is 0.400. The monoisotopic (exact) mass is 293 g/mol. The lowest BCUT2D eigenvalue weighted by Gasteiger charge is -2.08. The van der Waals surface area contributed by atoms with Crippen molar-refractivity contribution in [1.82, 2.24) is 9.55 Å². The van der Waals surface area contributed by atoms with Crippen LogP contribution in [0.15, 0.2) is 18.2 Å². The normalized spacial score (nSPS) is 15.9. The summed E-state index contributed by atoms with van der Waals surface area (Å²) >= 11 is 5.84. The average molecular weight is 294 g/mol. The van der Waals surface area contributed by atoms with Crippen LogP contribution in [0.1, 0.15) is 37.4 Å². The predicted octanol–water partition coefficient (Wildman–Crippen LogP) is 4.12. The molecule has 0 saturated heterocycles. The summed E-state index contributed by atoms with van der Waals surface area (Å²) in [5.74, 6) is 1.68. The Morgan fingerprint density at radius 3 is 2.70 bits per heavy atom. The number of halogens is 2. The number of nitrogen functional groups attached to an aromatic ring is 1. The van der Waals surface area contributed by atoms with Gasteiger partial charge < -0.3 is 10.3 Å². The van der Waals surface area contributed by atoms with Gasteiger partial charge in [-0.15, -0.1) is 0 Å². The molecule has 0 atom stereocenters. The minimum absolute atomic E-state index is 0.0926. The van der Waals surface area contributed by atoms with Crippen LogP contribution in [0.2, 0.25) is 5.02 Å². The van der Waals surface area contributed by atoms with E-state index in [-0.39, 0.29) is 5.02 Å². The van der Waals surface area contributed by atoms with E-state index < -0.39 is 5.82 Å². The van der Waals surface area contributed by atoms with Crippen molar-refractivity contribution in [3.63, 3.8) is 0 Å². The molecule has 3 nitrogen and oxygen atoms in total. The van der Waals surface area contributed by atoms with Crippen LogP contribution in [0, 0.1) is 5.82 Å². The third-order valence-corrected chi connectivity index (χ3v) is 4.38. The number of nitrogens with two attached hydrogens (primary N) is 1. The van der Waals surface area contributed by atoms with Crippen molar-refractivity contribution < 1.29 is 4.39 Å². The summed E-state index contributed by atoms with van der Waals surface area (Å²) in [6.45, 7) is 0. The van der Waals surface area contributed by atoms with Crippen molar-refractivity contribution >= 4 is 17.4 Å². The Morgan fingerprint density at radius 2 is 2.05 bits per heavy atom. The topological polar surface area (TPSA) is 43.8 Å². The summed E-state index contributed by atoms with van der Waals surface area (Å²) in [5.41, 5.74) is 7.60. The van der Waals surface area contributed by atoms with Crippen molar-refractivity contribution in [1.29, 1.82) is 0 Å². The largest absolute Gasteiger partial charge is 0.383 e. The van der Waals surface area contributed by atoms with E-state index in [0.717, 1.165) is 24.2 Å². The highest BCUT2D eigenvalue weighted by Gasteiger charge is 2.24. The number of hydrogen-bond donors (Lipinski definition) is 1. The molecule has 3 rings (SSSR count). The van der Waals surface area contributed by atoms with E-state index in [9.17, 15) is 4.39 Å². The maximum atomic E-state index is 13.3. The Balaban J connectivity index is 2.05. The average Bonchev–Trinajstić information content (AvgIpc) is 3.04. The molecule has 0 aliphatic heterocycles. The summed E-state index contributed by atoms with van der Waals surface area (Å²) < 4.78 is 15.2. The van der Waals surface area contributed by atoms with Gasteiger partial charge in [0, 0.05) is 18.5 Å². The summed E-state index contributed by atoms with van der Waals surface area (Å²) in [6.07, 6.45) is 4.81. The van der Waals surface area contributed by atoms with Gasteiger partial charge in [-0.05, 0) is 31.0 Å². The SMILES string of the molecule is Cn1c(C2CCCC2)nc(-c2ccc(F)c(Cl)c2)c1N. The second-order valence-corrected chi connectivity index (χ2v) is 5.78. The molecule has 20 heavy (non-hydrogen) atoms. The van der Waals surface area contributed by atoms with E-state index in [4.69, 9.17) is 17.3 Å². The lowest BCUT2D eigenvalue weighted by atomic mass is 10.1. The highest BCUT2D eigenvalue weighted by molar-refractivity contribution is 6.31. The van der Waals surface area contributed by atoms with Crippen LogP contribution < -0.4 is 5.73 Å². The summed E-state index contributed by atoms with van der Waals surface area (Å²) in [6, 6.07) is 4.59. The van der Waals surface area contributed by atoms with Gasteiger partial charge >= 0.3 is 0 Å². The molecule has 1 fully saturated rings. The van der Waals surface area contributed by atoms with Crippen molar-refractivity contribution in [2.45, 2.75) is 31.6 Å². The van der Waals surface area contributed by atoms with Gasteiger partial charge in [0.1, 0.15) is 23.2 Å². The molecule has 1 aromatic carbocycles. The number of benzene rings is 1. The number of anilines is 1. The smallest absolute Gasteiger partial charge is 0.141 e. The number of hydrogen-bond acceptors (Lipinski definition) is 2. The lowest BCUT2D eigenvalue weighted by molar-refractivity contribution is 0.628. The van der Waals surface area contributed by atoms with E-state index >= 15 is 0 Å². The van der Waals surface area contributed by atoms with Gasteiger partial charge in [-0.1, -0.05) is 24.4 Å². The third-order valence-electron chi connectivity index (χ3n) is 4.09. The molecule has 0 spiro atoms. The molecule has 1 aliphatic rings. The highest BCUT2D eigenvalue weighted by atomic mass is 35.5. The lowest BCUT2D eigenvalue weighted by Crippen LogP contribution is -2.05. The fourth-order valence-corrected chi connectivity index (χ4v) is 3.11. The summed E-state index contributed by atoms with van der Waals surface area (Å²) in [4.78, 5) is 4.69. The molecule has 1 heterocycles. The third kappa shape index (κ3) is 2.18. The van der Waals surface area contributed by atoms with Crippen LogP contribution >= 0.6 is 11.6 Å². The van der Waals surface area contributed by atoms with Crippen molar-refractivity contribution in [3.05, 3.63) is 34.9 Å². The number of nitrogens with zero attached hydrogens (tertiary/aromatic N) is 2. The molecule has 1 saturated carbocycles. The van der Waals surface area contributed by atoms with Crippen molar-refractivity contribution in [3.8, 4) is 11.3 Å². The second kappa shape index (κ2) is 5.09. The van der Waals surface area contributed by atoms with Crippen LogP contribution in [-0.4, -0.2) is 9.55 Å². The molecule has 106 valence electrons. The number of rotatable bonds is 2. The van der Waals surface area contributed by atoms with E-state index in [1.165, 1.54) is 18.9 Å². The fourth-order valence-electron chi connectivity index (χ4n) is 2.93. The summed E-state index contributed by atoms with van der Waals surface area (Å²) in [5, 5.41) is 0.0926. The Bertz CT molecular complexity index is 645. The van der Waals surface area contributed by atoms with Gasteiger partial charge in [0.2, 0.25) is 0 Å². The van der Waals surface area contributed by atoms with Crippen LogP contribution in [0.4, 0.5) is 10.2 Å². The van der Waals surface area contributed by atoms with E-state index in [1.807, 2.05) is 11.6 Å². The maximum absolute atomic E-state index is 13.3. The van der Waals surface area contributed by atoms with Crippen molar-refractivity contribution in [2.24, 2.45) is 7.05 Å². The number of aromatic nitrogens is 2. The standard InChI is InChI=1S/C15H17ClFN3/c1-20-14(18)13(10-6-7-12(17)11(16)8-10)19-15(20)9-4-2-3-5-9/h6-9H,2-5,18H2,1H3. The van der Waals surface area contributed by atoms with Gasteiger partial charge in [0.25, 0.3) is 0 Å². The molecule has 0 radical (unpaired) electrons. The highest BCUT2D eigenvalue weighted by Crippen LogP contribution is 2.37. The van der Waals surface area contributed by atoms with Gasteiger partial charge in [0.15, 0.2) is 0 Å². The van der Waals surface area contributed by atoms with Gasteiger partial charge in [0.05, 0.1) is 5.02 Å². The van der Waals surface area contributed by atoms with Gasteiger partial charge in [-0.25, -0.2) is 9.37 Å². The first kappa shape index (κ1) is 13.4. The molecule has 2 aromatic rings. The second-order valence-electron chi connectivity index (χ2n) is 5.37. The minimum Gasteiger partial charge on any atom is -0.383 e. The Labute approximate surface area is 122 Å². The van der Waals surface area contributed by atoms with Crippen LogP contribution in [0.5, 0.6) is 0 Å². The first-order chi connectivity index (χ1) is 9.58. The molecule has 5 heteroatoms. The van der Waals surface area contributed by atoms with Crippen molar-refractivity contribution in [2.75, 3.05) is 5.73 Å².